The maximum atomic E-state index is 12.7. The molecule has 31 heavy (non-hydrogen) atoms. The van der Waals surface area contributed by atoms with Gasteiger partial charge in [-0.15, -0.1) is 0 Å². The Kier molecular flexibility index (Phi) is 7.52. The lowest BCUT2D eigenvalue weighted by Crippen LogP contribution is -2.33. The van der Waals surface area contributed by atoms with Crippen molar-refractivity contribution in [1.82, 2.24) is 4.90 Å². The van der Waals surface area contributed by atoms with Gasteiger partial charge in [0.25, 0.3) is 0 Å². The Hall–Kier alpha value is -3.06. The van der Waals surface area contributed by atoms with E-state index in [9.17, 15) is 9.59 Å². The van der Waals surface area contributed by atoms with E-state index < -0.39 is 0 Å². The Morgan fingerprint density at radius 1 is 1.10 bits per heavy atom. The monoisotopic (exact) mass is 426 g/mol. The van der Waals surface area contributed by atoms with Crippen LogP contribution in [0.2, 0.25) is 0 Å². The molecule has 2 aromatic rings. The summed E-state index contributed by atoms with van der Waals surface area (Å²) in [4.78, 5) is 26.8. The van der Waals surface area contributed by atoms with Gasteiger partial charge in [-0.05, 0) is 63.6 Å². The van der Waals surface area contributed by atoms with E-state index in [4.69, 9.17) is 14.2 Å². The number of nitrogens with zero attached hydrogens (tertiary/aromatic N) is 1. The molecule has 0 aromatic heterocycles. The summed E-state index contributed by atoms with van der Waals surface area (Å²) in [5.41, 5.74) is 2.16. The number of anilines is 1. The first-order valence-corrected chi connectivity index (χ1v) is 10.5. The SMILES string of the molecule is COc1ccc([C@@H]2CCCN2CC(=O)Nc2ccc(C(=O)OC(C)C)cc2)c(OC)c1. The number of hydrogen-bond donors (Lipinski definition) is 1. The molecule has 0 radical (unpaired) electrons. The van der Waals surface area contributed by atoms with E-state index in [2.05, 4.69) is 10.2 Å². The zero-order valence-corrected chi connectivity index (χ0v) is 18.5. The zero-order chi connectivity index (χ0) is 22.4. The Bertz CT molecular complexity index is 911. The van der Waals surface area contributed by atoms with Gasteiger partial charge in [0.15, 0.2) is 0 Å². The predicted octanol–water partition coefficient (Wildman–Crippen LogP) is 4.04. The van der Waals surface area contributed by atoms with Crippen molar-refractivity contribution < 1.29 is 23.8 Å². The highest BCUT2D eigenvalue weighted by atomic mass is 16.5. The fourth-order valence-corrected chi connectivity index (χ4v) is 3.82. The molecule has 7 nitrogen and oxygen atoms in total. The van der Waals surface area contributed by atoms with Gasteiger partial charge in [-0.2, -0.15) is 0 Å². The van der Waals surface area contributed by atoms with Crippen molar-refractivity contribution in [2.45, 2.75) is 38.8 Å². The highest BCUT2D eigenvalue weighted by Gasteiger charge is 2.30. The molecular weight excluding hydrogens is 396 g/mol. The summed E-state index contributed by atoms with van der Waals surface area (Å²) < 4.78 is 16.0. The van der Waals surface area contributed by atoms with Crippen LogP contribution in [-0.4, -0.2) is 50.2 Å². The number of carbonyl (C=O) groups is 2. The van der Waals surface area contributed by atoms with E-state index in [1.807, 2.05) is 18.2 Å². The molecule has 2 aromatic carbocycles. The molecule has 0 spiro atoms. The fraction of sp³-hybridized carbons (Fsp3) is 0.417. The number of nitrogens with one attached hydrogen (secondary N) is 1. The number of likely N-dealkylation sites (tertiary alicyclic amines) is 1. The first kappa shape index (κ1) is 22.6. The van der Waals surface area contributed by atoms with Crippen LogP contribution >= 0.6 is 0 Å². The summed E-state index contributed by atoms with van der Waals surface area (Å²) in [7, 11) is 3.27. The number of hydrogen-bond acceptors (Lipinski definition) is 6. The molecule has 1 atom stereocenters. The molecule has 1 amide bonds. The molecule has 0 bridgehead atoms. The van der Waals surface area contributed by atoms with Gasteiger partial charge < -0.3 is 19.5 Å². The zero-order valence-electron chi connectivity index (χ0n) is 18.5. The van der Waals surface area contributed by atoms with Crippen LogP contribution in [-0.2, 0) is 9.53 Å². The molecule has 7 heteroatoms. The van der Waals surface area contributed by atoms with Crippen LogP contribution in [0.3, 0.4) is 0 Å². The molecule has 0 aliphatic carbocycles. The fourth-order valence-electron chi connectivity index (χ4n) is 3.82. The summed E-state index contributed by atoms with van der Waals surface area (Å²) in [5, 5.41) is 2.91. The van der Waals surface area contributed by atoms with E-state index in [1.165, 1.54) is 0 Å². The summed E-state index contributed by atoms with van der Waals surface area (Å²) in [6, 6.07) is 12.6. The first-order valence-electron chi connectivity index (χ1n) is 10.5. The minimum atomic E-state index is -0.374. The number of rotatable bonds is 8. The Morgan fingerprint density at radius 3 is 2.48 bits per heavy atom. The van der Waals surface area contributed by atoms with E-state index in [-0.39, 0.29) is 30.6 Å². The third-order valence-electron chi connectivity index (χ3n) is 5.26. The summed E-state index contributed by atoms with van der Waals surface area (Å²) in [5.74, 6) is 1.03. The second kappa shape index (κ2) is 10.3. The van der Waals surface area contributed by atoms with Crippen molar-refractivity contribution in [2.24, 2.45) is 0 Å². The van der Waals surface area contributed by atoms with Gasteiger partial charge in [0.2, 0.25) is 5.91 Å². The maximum absolute atomic E-state index is 12.7. The molecule has 1 aliphatic rings. The van der Waals surface area contributed by atoms with Crippen LogP contribution in [0.25, 0.3) is 0 Å². The van der Waals surface area contributed by atoms with Gasteiger partial charge >= 0.3 is 5.97 Å². The van der Waals surface area contributed by atoms with Crippen LogP contribution in [0, 0.1) is 0 Å². The van der Waals surface area contributed by atoms with Gasteiger partial charge in [0, 0.05) is 23.4 Å². The van der Waals surface area contributed by atoms with Crippen molar-refractivity contribution in [1.29, 1.82) is 0 Å². The number of ether oxygens (including phenoxy) is 3. The molecule has 1 aliphatic heterocycles. The Morgan fingerprint density at radius 2 is 1.84 bits per heavy atom. The molecule has 1 fully saturated rings. The van der Waals surface area contributed by atoms with Gasteiger partial charge in [-0.3, -0.25) is 9.69 Å². The third-order valence-corrected chi connectivity index (χ3v) is 5.26. The number of benzene rings is 2. The quantitative estimate of drug-likeness (QED) is 0.642. The lowest BCUT2D eigenvalue weighted by molar-refractivity contribution is -0.117. The van der Waals surface area contributed by atoms with Crippen molar-refractivity contribution in [3.63, 3.8) is 0 Å². The second-order valence-corrected chi connectivity index (χ2v) is 7.82. The Balaban J connectivity index is 1.63. The normalized spacial score (nSPS) is 16.2. The molecule has 1 N–H and O–H groups in total. The van der Waals surface area contributed by atoms with Gasteiger partial charge in [0.05, 0.1) is 32.4 Å². The van der Waals surface area contributed by atoms with Crippen molar-refractivity contribution in [3.05, 3.63) is 53.6 Å². The van der Waals surface area contributed by atoms with E-state index >= 15 is 0 Å². The lowest BCUT2D eigenvalue weighted by Gasteiger charge is -2.26. The van der Waals surface area contributed by atoms with Crippen molar-refractivity contribution in [3.8, 4) is 11.5 Å². The van der Waals surface area contributed by atoms with Crippen molar-refractivity contribution >= 4 is 17.6 Å². The van der Waals surface area contributed by atoms with Crippen LogP contribution in [0.5, 0.6) is 11.5 Å². The van der Waals surface area contributed by atoms with Gasteiger partial charge in [0.1, 0.15) is 11.5 Å². The largest absolute Gasteiger partial charge is 0.497 e. The predicted molar refractivity (Wildman–Crippen MR) is 119 cm³/mol. The highest BCUT2D eigenvalue weighted by molar-refractivity contribution is 5.94. The van der Waals surface area contributed by atoms with Crippen LogP contribution < -0.4 is 14.8 Å². The average Bonchev–Trinajstić information content (AvgIpc) is 3.20. The molecule has 1 heterocycles. The van der Waals surface area contributed by atoms with E-state index in [0.29, 0.717) is 11.3 Å². The minimum Gasteiger partial charge on any atom is -0.497 e. The van der Waals surface area contributed by atoms with Gasteiger partial charge in [-0.25, -0.2) is 4.79 Å². The first-order chi connectivity index (χ1) is 14.9. The van der Waals surface area contributed by atoms with E-state index in [1.54, 1.807) is 52.3 Å². The maximum Gasteiger partial charge on any atom is 0.338 e. The van der Waals surface area contributed by atoms with Crippen LogP contribution in [0.15, 0.2) is 42.5 Å². The van der Waals surface area contributed by atoms with E-state index in [0.717, 1.165) is 36.4 Å². The number of amides is 1. The standard InChI is InChI=1S/C24H30N2O5/c1-16(2)31-24(28)17-7-9-18(10-8-17)25-23(27)15-26-13-5-6-21(26)20-12-11-19(29-3)14-22(20)30-4/h7-12,14,16,21H,5-6,13,15H2,1-4H3,(H,25,27)/t21-/m0/s1. The smallest absolute Gasteiger partial charge is 0.338 e. The number of methoxy groups -OCH3 is 2. The topological polar surface area (TPSA) is 77.1 Å². The van der Waals surface area contributed by atoms with Gasteiger partial charge in [-0.1, -0.05) is 6.07 Å². The highest BCUT2D eigenvalue weighted by Crippen LogP contribution is 2.38. The summed E-state index contributed by atoms with van der Waals surface area (Å²) >= 11 is 0. The van der Waals surface area contributed by atoms with Crippen molar-refractivity contribution in [2.75, 3.05) is 32.6 Å². The average molecular weight is 427 g/mol. The summed E-state index contributed by atoms with van der Waals surface area (Å²) in [6.07, 6.45) is 1.80. The second-order valence-electron chi connectivity index (χ2n) is 7.82. The molecule has 166 valence electrons. The molecule has 1 saturated heterocycles. The molecule has 0 unspecified atom stereocenters. The van der Waals surface area contributed by atoms with Crippen LogP contribution in [0.1, 0.15) is 48.7 Å². The van der Waals surface area contributed by atoms with Crippen LogP contribution in [0.4, 0.5) is 5.69 Å². The number of carbonyl (C=O) groups excluding carboxylic acids is 2. The minimum absolute atomic E-state index is 0.100. The molecule has 3 rings (SSSR count). The molecular formula is C24H30N2O5. The summed E-state index contributed by atoms with van der Waals surface area (Å²) in [6.45, 7) is 4.73. The third kappa shape index (κ3) is 5.76. The Labute approximate surface area is 183 Å². The molecule has 0 saturated carbocycles. The lowest BCUT2D eigenvalue weighted by atomic mass is 10.0. The number of esters is 1.